The average molecular weight is 357 g/mol. The third-order valence-corrected chi connectivity index (χ3v) is 4.44. The lowest BCUT2D eigenvalue weighted by atomic mass is 10.1. The van der Waals surface area contributed by atoms with Crippen LogP contribution in [-0.2, 0) is 14.3 Å². The Morgan fingerprint density at radius 3 is 1.80 bits per heavy atom. The van der Waals surface area contributed by atoms with E-state index in [0.29, 0.717) is 13.0 Å². The number of amides is 1. The Morgan fingerprint density at radius 1 is 0.840 bits per heavy atom. The molecule has 1 amide bonds. The van der Waals surface area contributed by atoms with Crippen molar-refractivity contribution in [1.82, 2.24) is 5.32 Å². The number of unbranched alkanes of at least 4 members (excludes halogenated alkanes) is 11. The van der Waals surface area contributed by atoms with Crippen LogP contribution in [0.1, 0.15) is 97.3 Å². The van der Waals surface area contributed by atoms with E-state index >= 15 is 0 Å². The second kappa shape index (κ2) is 17.7. The van der Waals surface area contributed by atoms with E-state index in [1.807, 2.05) is 0 Å². The van der Waals surface area contributed by atoms with Crippen molar-refractivity contribution in [2.45, 2.75) is 103 Å². The summed E-state index contributed by atoms with van der Waals surface area (Å²) in [7, 11) is 0. The van der Waals surface area contributed by atoms with Crippen LogP contribution < -0.4 is 11.1 Å². The molecular formula is C20H40N2O3. The second-order valence-electron chi connectivity index (χ2n) is 6.86. The first-order valence-corrected chi connectivity index (χ1v) is 10.3. The zero-order valence-electron chi connectivity index (χ0n) is 16.5. The first kappa shape index (κ1) is 23.9. The van der Waals surface area contributed by atoms with Gasteiger partial charge in [0.2, 0.25) is 0 Å². The number of nitrogens with two attached hydrogens (primary N) is 1. The Kier molecular flexibility index (Phi) is 16.9. The van der Waals surface area contributed by atoms with Gasteiger partial charge in [-0.2, -0.15) is 0 Å². The number of carbonyl (C=O) groups excluding carboxylic acids is 2. The average Bonchev–Trinajstić information content (AvgIpc) is 2.62. The fourth-order valence-electron chi connectivity index (χ4n) is 2.66. The standard InChI is InChI=1S/C20H40N2O3/c1-3-5-6-7-8-9-10-11-12-13-14-15-16-22-19(23)17-25-20(24)18(21)4-2/h18H,3-17,21H2,1-2H3,(H,22,23). The topological polar surface area (TPSA) is 81.4 Å². The van der Waals surface area contributed by atoms with Crippen LogP contribution in [0.2, 0.25) is 0 Å². The molecule has 0 heterocycles. The molecule has 0 fully saturated rings. The lowest BCUT2D eigenvalue weighted by Gasteiger charge is -2.09. The molecule has 0 bridgehead atoms. The number of hydrogen-bond acceptors (Lipinski definition) is 4. The van der Waals surface area contributed by atoms with Crippen LogP contribution in [0.25, 0.3) is 0 Å². The zero-order chi connectivity index (χ0) is 18.8. The van der Waals surface area contributed by atoms with Crippen molar-refractivity contribution in [2.24, 2.45) is 5.73 Å². The molecule has 0 radical (unpaired) electrons. The summed E-state index contributed by atoms with van der Waals surface area (Å²) in [6.45, 7) is 4.47. The normalized spacial score (nSPS) is 12.0. The van der Waals surface area contributed by atoms with Crippen LogP contribution in [0.3, 0.4) is 0 Å². The van der Waals surface area contributed by atoms with E-state index in [2.05, 4.69) is 12.2 Å². The van der Waals surface area contributed by atoms with E-state index in [9.17, 15) is 9.59 Å². The van der Waals surface area contributed by atoms with E-state index < -0.39 is 12.0 Å². The summed E-state index contributed by atoms with van der Waals surface area (Å²) in [5, 5.41) is 2.77. The van der Waals surface area contributed by atoms with Gasteiger partial charge in [-0.05, 0) is 12.8 Å². The van der Waals surface area contributed by atoms with Gasteiger partial charge >= 0.3 is 5.97 Å². The molecule has 0 aromatic rings. The maximum absolute atomic E-state index is 11.5. The van der Waals surface area contributed by atoms with E-state index in [4.69, 9.17) is 10.5 Å². The maximum atomic E-state index is 11.5. The quantitative estimate of drug-likeness (QED) is 0.304. The zero-order valence-corrected chi connectivity index (χ0v) is 16.5. The molecule has 0 aliphatic heterocycles. The first-order valence-electron chi connectivity index (χ1n) is 10.3. The lowest BCUT2D eigenvalue weighted by Crippen LogP contribution is -2.35. The molecule has 0 rings (SSSR count). The van der Waals surface area contributed by atoms with Crippen LogP contribution in [0.5, 0.6) is 0 Å². The molecule has 0 aliphatic rings. The molecule has 0 saturated heterocycles. The molecule has 1 unspecified atom stereocenters. The fraction of sp³-hybridized carbons (Fsp3) is 0.900. The van der Waals surface area contributed by atoms with Gasteiger partial charge in [-0.1, -0.05) is 84.5 Å². The molecule has 3 N–H and O–H groups in total. The number of nitrogens with one attached hydrogen (secondary N) is 1. The molecular weight excluding hydrogens is 316 g/mol. The molecule has 0 aromatic heterocycles. The number of ether oxygens (including phenoxy) is 1. The summed E-state index contributed by atoms with van der Waals surface area (Å²) < 4.78 is 4.84. The summed E-state index contributed by atoms with van der Waals surface area (Å²) in [5.41, 5.74) is 5.52. The summed E-state index contributed by atoms with van der Waals surface area (Å²) in [6, 6.07) is -0.635. The van der Waals surface area contributed by atoms with Crippen LogP contribution in [-0.4, -0.2) is 31.1 Å². The molecule has 0 aliphatic carbocycles. The minimum Gasteiger partial charge on any atom is -0.454 e. The smallest absolute Gasteiger partial charge is 0.323 e. The molecule has 5 heteroatoms. The van der Waals surface area contributed by atoms with Gasteiger partial charge in [0.05, 0.1) is 0 Å². The summed E-state index contributed by atoms with van der Waals surface area (Å²) in [5.74, 6) is -0.761. The van der Waals surface area contributed by atoms with Crippen molar-refractivity contribution in [3.05, 3.63) is 0 Å². The highest BCUT2D eigenvalue weighted by Crippen LogP contribution is 2.11. The molecule has 5 nitrogen and oxygen atoms in total. The number of carbonyl (C=O) groups is 2. The Bertz CT molecular complexity index is 335. The molecule has 0 spiro atoms. The molecule has 0 saturated carbocycles. The van der Waals surface area contributed by atoms with E-state index in [1.54, 1.807) is 6.92 Å². The summed E-state index contributed by atoms with van der Waals surface area (Å²) in [4.78, 5) is 22.9. The molecule has 1 atom stereocenters. The summed E-state index contributed by atoms with van der Waals surface area (Å²) >= 11 is 0. The third-order valence-electron chi connectivity index (χ3n) is 4.44. The van der Waals surface area contributed by atoms with Crippen LogP contribution >= 0.6 is 0 Å². The highest BCUT2D eigenvalue weighted by atomic mass is 16.5. The van der Waals surface area contributed by atoms with Crippen molar-refractivity contribution in [3.8, 4) is 0 Å². The third kappa shape index (κ3) is 16.1. The Morgan fingerprint density at radius 2 is 1.32 bits per heavy atom. The van der Waals surface area contributed by atoms with Crippen molar-refractivity contribution < 1.29 is 14.3 Å². The Balaban J connectivity index is 3.27. The first-order chi connectivity index (χ1) is 12.1. The minimum absolute atomic E-state index is 0.231. The number of rotatable bonds is 17. The maximum Gasteiger partial charge on any atom is 0.323 e. The van der Waals surface area contributed by atoms with Crippen molar-refractivity contribution in [1.29, 1.82) is 0 Å². The van der Waals surface area contributed by atoms with Crippen molar-refractivity contribution >= 4 is 11.9 Å². The van der Waals surface area contributed by atoms with Gasteiger partial charge in [0.25, 0.3) is 5.91 Å². The van der Waals surface area contributed by atoms with Gasteiger partial charge in [0, 0.05) is 6.54 Å². The van der Waals surface area contributed by atoms with E-state index in [0.717, 1.165) is 12.8 Å². The molecule has 25 heavy (non-hydrogen) atoms. The second-order valence-corrected chi connectivity index (χ2v) is 6.86. The van der Waals surface area contributed by atoms with Crippen LogP contribution in [0, 0.1) is 0 Å². The predicted molar refractivity (Wildman–Crippen MR) is 103 cm³/mol. The van der Waals surface area contributed by atoms with Gasteiger partial charge in [0.15, 0.2) is 6.61 Å². The van der Waals surface area contributed by atoms with Crippen molar-refractivity contribution in [3.63, 3.8) is 0 Å². The van der Waals surface area contributed by atoms with Crippen molar-refractivity contribution in [2.75, 3.05) is 13.2 Å². The van der Waals surface area contributed by atoms with E-state index in [1.165, 1.54) is 64.2 Å². The van der Waals surface area contributed by atoms with Gasteiger partial charge < -0.3 is 15.8 Å². The van der Waals surface area contributed by atoms with Gasteiger partial charge in [-0.25, -0.2) is 0 Å². The van der Waals surface area contributed by atoms with Crippen LogP contribution in [0.4, 0.5) is 0 Å². The largest absolute Gasteiger partial charge is 0.454 e. The predicted octanol–water partition coefficient (Wildman–Crippen LogP) is 4.08. The Labute approximate surface area is 154 Å². The van der Waals surface area contributed by atoms with Gasteiger partial charge in [-0.15, -0.1) is 0 Å². The monoisotopic (exact) mass is 356 g/mol. The Hall–Kier alpha value is -1.10. The molecule has 148 valence electrons. The van der Waals surface area contributed by atoms with Crippen LogP contribution in [0.15, 0.2) is 0 Å². The lowest BCUT2D eigenvalue weighted by molar-refractivity contribution is -0.149. The highest BCUT2D eigenvalue weighted by molar-refractivity contribution is 5.82. The van der Waals surface area contributed by atoms with Gasteiger partial charge in [0.1, 0.15) is 6.04 Å². The van der Waals surface area contributed by atoms with Gasteiger partial charge in [-0.3, -0.25) is 9.59 Å². The highest BCUT2D eigenvalue weighted by Gasteiger charge is 2.13. The SMILES string of the molecule is CCCCCCCCCCCCCCNC(=O)COC(=O)C(N)CC. The number of hydrogen-bond donors (Lipinski definition) is 2. The molecule has 0 aromatic carbocycles. The minimum atomic E-state index is -0.635. The fourth-order valence-corrected chi connectivity index (χ4v) is 2.66. The van der Waals surface area contributed by atoms with E-state index in [-0.39, 0.29) is 12.5 Å². The summed E-state index contributed by atoms with van der Waals surface area (Å²) in [6.07, 6.45) is 16.1. The number of esters is 1.